The second-order valence-electron chi connectivity index (χ2n) is 6.43. The summed E-state index contributed by atoms with van der Waals surface area (Å²) in [7, 11) is 0. The first-order valence-electron chi connectivity index (χ1n) is 8.54. The van der Waals surface area contributed by atoms with Gasteiger partial charge in [0, 0.05) is 35.2 Å². The zero-order valence-electron chi connectivity index (χ0n) is 14.5. The minimum Gasteiger partial charge on any atom is -0.350 e. The molecule has 1 amide bonds. The Labute approximate surface area is 169 Å². The third-order valence-corrected chi connectivity index (χ3v) is 5.21. The van der Waals surface area contributed by atoms with E-state index in [9.17, 15) is 4.79 Å². The maximum absolute atomic E-state index is 12.4. The van der Waals surface area contributed by atoms with E-state index in [1.165, 1.54) is 0 Å². The van der Waals surface area contributed by atoms with Crippen LogP contribution in [0, 0.1) is 0 Å². The largest absolute Gasteiger partial charge is 0.350 e. The number of aromatic nitrogens is 2. The lowest BCUT2D eigenvalue weighted by atomic mass is 10.0. The number of carbonyl (C=O) groups is 1. The van der Waals surface area contributed by atoms with Crippen LogP contribution in [0.4, 0.5) is 0 Å². The molecule has 1 aromatic carbocycles. The van der Waals surface area contributed by atoms with Crippen LogP contribution in [0.5, 0.6) is 0 Å². The molecule has 1 aliphatic rings. The number of amides is 1. The van der Waals surface area contributed by atoms with Gasteiger partial charge in [0.15, 0.2) is 0 Å². The Kier molecular flexibility index (Phi) is 7.77. The highest BCUT2D eigenvalue weighted by atomic mass is 35.5. The summed E-state index contributed by atoms with van der Waals surface area (Å²) in [6.45, 7) is 4.37. The molecule has 26 heavy (non-hydrogen) atoms. The van der Waals surface area contributed by atoms with E-state index in [2.05, 4.69) is 15.7 Å². The number of halogens is 3. The van der Waals surface area contributed by atoms with Gasteiger partial charge >= 0.3 is 0 Å². The molecule has 1 aliphatic heterocycles. The van der Waals surface area contributed by atoms with Crippen molar-refractivity contribution in [3.05, 3.63) is 51.8 Å². The van der Waals surface area contributed by atoms with Crippen molar-refractivity contribution in [3.8, 4) is 0 Å². The van der Waals surface area contributed by atoms with E-state index in [0.717, 1.165) is 31.5 Å². The summed E-state index contributed by atoms with van der Waals surface area (Å²) in [4.78, 5) is 12.4. The van der Waals surface area contributed by atoms with Crippen LogP contribution >= 0.6 is 35.6 Å². The summed E-state index contributed by atoms with van der Waals surface area (Å²) in [6.07, 6.45) is 4.08. The topological polar surface area (TPSA) is 59.0 Å². The fourth-order valence-corrected chi connectivity index (χ4v) is 3.91. The molecule has 2 aromatic rings. The van der Waals surface area contributed by atoms with Crippen molar-refractivity contribution < 1.29 is 4.79 Å². The van der Waals surface area contributed by atoms with Gasteiger partial charge in [-0.3, -0.25) is 9.48 Å². The molecule has 2 atom stereocenters. The molecule has 0 spiro atoms. The Hall–Kier alpha value is -1.27. The molecule has 0 bridgehead atoms. The van der Waals surface area contributed by atoms with Crippen molar-refractivity contribution in [2.75, 3.05) is 19.6 Å². The van der Waals surface area contributed by atoms with Gasteiger partial charge in [-0.25, -0.2) is 0 Å². The smallest absolute Gasteiger partial charge is 0.271 e. The molecule has 0 saturated carbocycles. The van der Waals surface area contributed by atoms with Crippen LogP contribution in [0.1, 0.15) is 47.8 Å². The Bertz CT molecular complexity index is 724. The number of hydrogen-bond donors (Lipinski definition) is 2. The van der Waals surface area contributed by atoms with Crippen LogP contribution in [-0.4, -0.2) is 35.3 Å². The van der Waals surface area contributed by atoms with Crippen LogP contribution in [0.25, 0.3) is 0 Å². The molecular formula is C18H23Cl3N4O. The fourth-order valence-electron chi connectivity index (χ4n) is 3.14. The Balaban J connectivity index is 0.00000243. The van der Waals surface area contributed by atoms with E-state index in [0.29, 0.717) is 28.3 Å². The Morgan fingerprint density at radius 1 is 1.38 bits per heavy atom. The van der Waals surface area contributed by atoms with E-state index in [1.807, 2.05) is 23.9 Å². The first kappa shape index (κ1) is 21.0. The minimum atomic E-state index is -0.183. The van der Waals surface area contributed by atoms with Gasteiger partial charge in [0.25, 0.3) is 5.91 Å². The predicted octanol–water partition coefficient (Wildman–Crippen LogP) is 4.07. The normalized spacial score (nSPS) is 18.0. The average Bonchev–Trinajstić information content (AvgIpc) is 3.10. The van der Waals surface area contributed by atoms with Crippen molar-refractivity contribution in [3.63, 3.8) is 0 Å². The number of nitrogens with zero attached hydrogens (tertiary/aromatic N) is 2. The zero-order chi connectivity index (χ0) is 17.8. The first-order chi connectivity index (χ1) is 12.1. The molecule has 2 heterocycles. The van der Waals surface area contributed by atoms with Gasteiger partial charge in [-0.2, -0.15) is 5.10 Å². The second-order valence-corrected chi connectivity index (χ2v) is 7.24. The van der Waals surface area contributed by atoms with Crippen molar-refractivity contribution in [2.24, 2.45) is 0 Å². The third kappa shape index (κ3) is 4.92. The lowest BCUT2D eigenvalue weighted by Crippen LogP contribution is -2.32. The van der Waals surface area contributed by atoms with Gasteiger partial charge in [-0.1, -0.05) is 36.2 Å². The molecule has 3 rings (SSSR count). The second kappa shape index (κ2) is 9.60. The molecule has 2 unspecified atom stereocenters. The van der Waals surface area contributed by atoms with Gasteiger partial charge in [-0.05, 0) is 43.1 Å². The summed E-state index contributed by atoms with van der Waals surface area (Å²) in [5.41, 5.74) is 1.29. The van der Waals surface area contributed by atoms with Gasteiger partial charge < -0.3 is 10.6 Å². The maximum Gasteiger partial charge on any atom is 0.271 e. The predicted molar refractivity (Wildman–Crippen MR) is 108 cm³/mol. The van der Waals surface area contributed by atoms with Gasteiger partial charge in [0.05, 0.1) is 6.04 Å². The lowest BCUT2D eigenvalue weighted by Gasteiger charge is -2.22. The van der Waals surface area contributed by atoms with Crippen molar-refractivity contribution >= 4 is 41.5 Å². The molecule has 2 N–H and O–H groups in total. The zero-order valence-corrected chi connectivity index (χ0v) is 16.9. The lowest BCUT2D eigenvalue weighted by molar-refractivity contribution is 0.0945. The van der Waals surface area contributed by atoms with E-state index in [-0.39, 0.29) is 24.2 Å². The number of piperidine rings is 1. The molecule has 8 heteroatoms. The highest BCUT2D eigenvalue weighted by Gasteiger charge is 2.19. The number of hydrogen-bond acceptors (Lipinski definition) is 3. The molecule has 1 aromatic heterocycles. The molecular weight excluding hydrogens is 395 g/mol. The van der Waals surface area contributed by atoms with Crippen molar-refractivity contribution in [1.29, 1.82) is 0 Å². The molecule has 142 valence electrons. The molecule has 1 fully saturated rings. The summed E-state index contributed by atoms with van der Waals surface area (Å²) in [5.74, 6) is -0.174. The standard InChI is InChI=1S/C18H22Cl2N4O.ClH/c1-12(17-14(19)5-2-6-15(17)20)10-22-18(25)16-7-9-24(23-16)13-4-3-8-21-11-13;/h2,5-7,9,12-13,21H,3-4,8,10-11H2,1H3,(H,22,25);1H. The van der Waals surface area contributed by atoms with E-state index in [4.69, 9.17) is 23.2 Å². The summed E-state index contributed by atoms with van der Waals surface area (Å²) in [5, 5.41) is 11.9. The number of nitrogens with one attached hydrogen (secondary N) is 2. The van der Waals surface area contributed by atoms with Crippen LogP contribution in [-0.2, 0) is 0 Å². The first-order valence-corrected chi connectivity index (χ1v) is 9.30. The number of benzene rings is 1. The molecule has 0 aliphatic carbocycles. The Morgan fingerprint density at radius 2 is 2.12 bits per heavy atom. The number of rotatable bonds is 5. The maximum atomic E-state index is 12.4. The number of carbonyl (C=O) groups excluding carboxylic acids is 1. The van der Waals surface area contributed by atoms with Gasteiger partial charge in [0.2, 0.25) is 0 Å². The average molecular weight is 418 g/mol. The van der Waals surface area contributed by atoms with E-state index in [1.54, 1.807) is 18.2 Å². The van der Waals surface area contributed by atoms with Crippen molar-refractivity contribution in [2.45, 2.75) is 31.7 Å². The van der Waals surface area contributed by atoms with Crippen molar-refractivity contribution in [1.82, 2.24) is 20.4 Å². The van der Waals surface area contributed by atoms with Gasteiger partial charge in [0.1, 0.15) is 5.69 Å². The van der Waals surface area contributed by atoms with Crippen LogP contribution in [0.3, 0.4) is 0 Å². The summed E-state index contributed by atoms with van der Waals surface area (Å²) in [6, 6.07) is 7.50. The van der Waals surface area contributed by atoms with E-state index >= 15 is 0 Å². The van der Waals surface area contributed by atoms with Crippen LogP contribution < -0.4 is 10.6 Å². The van der Waals surface area contributed by atoms with Crippen LogP contribution in [0.2, 0.25) is 10.0 Å². The van der Waals surface area contributed by atoms with Gasteiger partial charge in [-0.15, -0.1) is 12.4 Å². The Morgan fingerprint density at radius 3 is 2.77 bits per heavy atom. The quantitative estimate of drug-likeness (QED) is 0.771. The SMILES string of the molecule is CC(CNC(=O)c1ccn(C2CCCNC2)n1)c1c(Cl)cccc1Cl.Cl. The minimum absolute atomic E-state index is 0. The fraction of sp³-hybridized carbons (Fsp3) is 0.444. The third-order valence-electron chi connectivity index (χ3n) is 4.55. The molecule has 1 saturated heterocycles. The molecule has 0 radical (unpaired) electrons. The van der Waals surface area contributed by atoms with Crippen LogP contribution in [0.15, 0.2) is 30.5 Å². The molecule has 5 nitrogen and oxygen atoms in total. The summed E-state index contributed by atoms with van der Waals surface area (Å²) >= 11 is 12.5. The highest BCUT2D eigenvalue weighted by Crippen LogP contribution is 2.31. The van der Waals surface area contributed by atoms with E-state index < -0.39 is 0 Å². The highest BCUT2D eigenvalue weighted by molar-refractivity contribution is 6.36. The monoisotopic (exact) mass is 416 g/mol. The summed E-state index contributed by atoms with van der Waals surface area (Å²) < 4.78 is 1.88.